The van der Waals surface area contributed by atoms with E-state index >= 15 is 0 Å². The van der Waals surface area contributed by atoms with Crippen molar-refractivity contribution in [3.63, 3.8) is 0 Å². The zero-order valence-electron chi connectivity index (χ0n) is 16.6. The summed E-state index contributed by atoms with van der Waals surface area (Å²) in [4.78, 5) is 15.8. The third-order valence-corrected chi connectivity index (χ3v) is 5.24. The quantitative estimate of drug-likeness (QED) is 0.259. The van der Waals surface area contributed by atoms with Crippen molar-refractivity contribution in [2.75, 3.05) is 23.4 Å². The molecular weight excluding hydrogens is 420 g/mol. The lowest BCUT2D eigenvalue weighted by Crippen LogP contribution is -2.10. The first kappa shape index (κ1) is 20.4. The van der Waals surface area contributed by atoms with E-state index in [-0.39, 0.29) is 11.4 Å². The van der Waals surface area contributed by atoms with Crippen LogP contribution >= 0.6 is 0 Å². The number of sulfonamides is 1. The molecule has 3 aromatic carbocycles. The van der Waals surface area contributed by atoms with Crippen molar-refractivity contribution >= 4 is 54.6 Å². The zero-order valence-corrected chi connectivity index (χ0v) is 17.4. The number of para-hydroxylation sites is 1. The van der Waals surface area contributed by atoms with Gasteiger partial charge in [-0.05, 0) is 24.3 Å². The maximum atomic E-state index is 11.7. The van der Waals surface area contributed by atoms with Crippen LogP contribution in [0.15, 0.2) is 60.7 Å². The molecule has 1 aromatic heterocycles. The summed E-state index contributed by atoms with van der Waals surface area (Å²) >= 11 is 0. The van der Waals surface area contributed by atoms with E-state index in [4.69, 9.17) is 4.74 Å². The van der Waals surface area contributed by atoms with Gasteiger partial charge in [0.2, 0.25) is 10.0 Å². The molecule has 0 fully saturated rings. The third kappa shape index (κ3) is 4.05. The highest BCUT2D eigenvalue weighted by Gasteiger charge is 2.19. The lowest BCUT2D eigenvalue weighted by atomic mass is 10.1. The number of aromatic nitrogens is 1. The van der Waals surface area contributed by atoms with Gasteiger partial charge in [-0.2, -0.15) is 0 Å². The SMILES string of the molecule is COc1cc(Nc2c3ccccc3nc3cccc([N+](=O)[O-])c23)ccc1NS(C)(=O)=O. The van der Waals surface area contributed by atoms with Crippen molar-refractivity contribution in [2.45, 2.75) is 0 Å². The lowest BCUT2D eigenvalue weighted by Gasteiger charge is -2.16. The fourth-order valence-electron chi connectivity index (χ4n) is 3.40. The van der Waals surface area contributed by atoms with E-state index in [0.29, 0.717) is 38.9 Å². The van der Waals surface area contributed by atoms with Crippen molar-refractivity contribution in [1.82, 2.24) is 4.98 Å². The molecule has 2 N–H and O–H groups in total. The Bertz CT molecular complexity index is 1440. The van der Waals surface area contributed by atoms with Crippen LogP contribution in [0, 0.1) is 10.1 Å². The highest BCUT2D eigenvalue weighted by Crippen LogP contribution is 2.39. The van der Waals surface area contributed by atoms with E-state index < -0.39 is 14.9 Å². The predicted octanol–water partition coefficient (Wildman–Crippen LogP) is 4.42. The molecule has 0 radical (unpaired) electrons. The molecular formula is C21H18N4O5S. The lowest BCUT2D eigenvalue weighted by molar-refractivity contribution is -0.383. The Morgan fingerprint density at radius 3 is 2.48 bits per heavy atom. The number of pyridine rings is 1. The van der Waals surface area contributed by atoms with Gasteiger partial charge < -0.3 is 10.1 Å². The Hall–Kier alpha value is -3.92. The molecule has 0 saturated carbocycles. The number of hydrogen-bond acceptors (Lipinski definition) is 7. The number of hydrogen-bond donors (Lipinski definition) is 2. The zero-order chi connectivity index (χ0) is 22.2. The second-order valence-electron chi connectivity index (χ2n) is 6.85. The first-order valence-corrected chi connectivity index (χ1v) is 11.0. The fourth-order valence-corrected chi connectivity index (χ4v) is 3.97. The molecule has 0 amide bonds. The van der Waals surface area contributed by atoms with E-state index in [9.17, 15) is 18.5 Å². The molecule has 0 saturated heterocycles. The van der Waals surface area contributed by atoms with Crippen molar-refractivity contribution in [3.05, 3.63) is 70.8 Å². The Labute approximate surface area is 177 Å². The number of rotatable bonds is 6. The van der Waals surface area contributed by atoms with E-state index in [1.807, 2.05) is 24.3 Å². The Balaban J connectivity index is 1.92. The van der Waals surface area contributed by atoms with Gasteiger partial charge in [-0.3, -0.25) is 14.8 Å². The molecule has 1 heterocycles. The number of nitrogens with one attached hydrogen (secondary N) is 2. The van der Waals surface area contributed by atoms with Crippen molar-refractivity contribution in [2.24, 2.45) is 0 Å². The maximum absolute atomic E-state index is 11.7. The van der Waals surface area contributed by atoms with Gasteiger partial charge >= 0.3 is 0 Å². The number of benzene rings is 3. The van der Waals surface area contributed by atoms with Crippen LogP contribution in [-0.2, 0) is 10.0 Å². The normalized spacial score (nSPS) is 11.4. The minimum absolute atomic E-state index is 0.0689. The molecule has 10 heteroatoms. The molecule has 0 unspecified atom stereocenters. The molecule has 0 aliphatic carbocycles. The average molecular weight is 438 g/mol. The van der Waals surface area contributed by atoms with Gasteiger partial charge in [-0.1, -0.05) is 24.3 Å². The van der Waals surface area contributed by atoms with Crippen LogP contribution in [0.5, 0.6) is 5.75 Å². The van der Waals surface area contributed by atoms with Gasteiger partial charge in [0.05, 0.1) is 40.7 Å². The van der Waals surface area contributed by atoms with Crippen LogP contribution in [0.2, 0.25) is 0 Å². The minimum Gasteiger partial charge on any atom is -0.494 e. The maximum Gasteiger partial charge on any atom is 0.280 e. The molecule has 0 atom stereocenters. The summed E-state index contributed by atoms with van der Waals surface area (Å²) < 4.78 is 30.9. The van der Waals surface area contributed by atoms with Crippen molar-refractivity contribution in [1.29, 1.82) is 0 Å². The van der Waals surface area contributed by atoms with Gasteiger partial charge in [-0.25, -0.2) is 13.4 Å². The van der Waals surface area contributed by atoms with Gasteiger partial charge in [0.25, 0.3) is 5.69 Å². The summed E-state index contributed by atoms with van der Waals surface area (Å²) in [6.07, 6.45) is 1.05. The first-order chi connectivity index (χ1) is 14.8. The minimum atomic E-state index is -3.49. The van der Waals surface area contributed by atoms with Crippen LogP contribution in [0.25, 0.3) is 21.8 Å². The molecule has 4 aromatic rings. The fraction of sp³-hybridized carbons (Fsp3) is 0.0952. The van der Waals surface area contributed by atoms with E-state index in [0.717, 1.165) is 6.26 Å². The predicted molar refractivity (Wildman–Crippen MR) is 121 cm³/mol. The second-order valence-corrected chi connectivity index (χ2v) is 8.60. The number of ether oxygens (including phenoxy) is 1. The first-order valence-electron chi connectivity index (χ1n) is 9.15. The van der Waals surface area contributed by atoms with Crippen LogP contribution in [0.3, 0.4) is 0 Å². The monoisotopic (exact) mass is 438 g/mol. The molecule has 0 bridgehead atoms. The largest absolute Gasteiger partial charge is 0.494 e. The summed E-state index contributed by atoms with van der Waals surface area (Å²) in [6.45, 7) is 0. The number of nitro benzene ring substituents is 1. The van der Waals surface area contributed by atoms with E-state index in [1.165, 1.54) is 13.2 Å². The van der Waals surface area contributed by atoms with Crippen LogP contribution in [0.4, 0.5) is 22.7 Å². The highest BCUT2D eigenvalue weighted by atomic mass is 32.2. The molecule has 0 aliphatic heterocycles. The van der Waals surface area contributed by atoms with Crippen LogP contribution in [0.1, 0.15) is 0 Å². The Morgan fingerprint density at radius 2 is 1.77 bits per heavy atom. The van der Waals surface area contributed by atoms with Crippen LogP contribution in [-0.4, -0.2) is 31.7 Å². The number of nitro groups is 1. The standard InChI is InChI=1S/C21H18N4O5S/c1-30-19-12-13(10-11-16(19)24-31(2,28)29)22-21-14-6-3-4-7-15(14)23-17-8-5-9-18(20(17)21)25(26)27/h3-12,24H,1-2H3,(H,22,23). The Morgan fingerprint density at radius 1 is 1.03 bits per heavy atom. The summed E-state index contributed by atoms with van der Waals surface area (Å²) in [7, 11) is -2.06. The number of fused-ring (bicyclic) bond motifs is 2. The van der Waals surface area contributed by atoms with Crippen LogP contribution < -0.4 is 14.8 Å². The van der Waals surface area contributed by atoms with Crippen molar-refractivity contribution in [3.8, 4) is 5.75 Å². The summed E-state index contributed by atoms with van der Waals surface area (Å²) in [6, 6.07) is 16.9. The molecule has 4 rings (SSSR count). The van der Waals surface area contributed by atoms with Gasteiger partial charge in [-0.15, -0.1) is 0 Å². The van der Waals surface area contributed by atoms with Gasteiger partial charge in [0, 0.05) is 23.2 Å². The summed E-state index contributed by atoms with van der Waals surface area (Å²) in [5.41, 5.74) is 2.47. The van der Waals surface area contributed by atoms with E-state index in [1.54, 1.807) is 30.3 Å². The van der Waals surface area contributed by atoms with Gasteiger partial charge in [0.1, 0.15) is 11.1 Å². The van der Waals surface area contributed by atoms with Crippen molar-refractivity contribution < 1.29 is 18.1 Å². The second kappa shape index (κ2) is 7.73. The number of non-ortho nitro benzene ring substituents is 1. The molecule has 31 heavy (non-hydrogen) atoms. The smallest absolute Gasteiger partial charge is 0.280 e. The molecule has 0 spiro atoms. The summed E-state index contributed by atoms with van der Waals surface area (Å²) in [5, 5.41) is 16.0. The summed E-state index contributed by atoms with van der Waals surface area (Å²) in [5.74, 6) is 0.299. The molecule has 158 valence electrons. The number of methoxy groups -OCH3 is 1. The molecule has 0 aliphatic rings. The Kier molecular flexibility index (Phi) is 5.07. The average Bonchev–Trinajstić information content (AvgIpc) is 2.73. The third-order valence-electron chi connectivity index (χ3n) is 4.65. The van der Waals surface area contributed by atoms with Gasteiger partial charge in [0.15, 0.2) is 0 Å². The molecule has 9 nitrogen and oxygen atoms in total. The number of anilines is 3. The number of nitrogens with zero attached hydrogens (tertiary/aromatic N) is 2. The topological polar surface area (TPSA) is 123 Å². The van der Waals surface area contributed by atoms with E-state index in [2.05, 4.69) is 15.0 Å². The highest BCUT2D eigenvalue weighted by molar-refractivity contribution is 7.92.